The molecule has 0 radical (unpaired) electrons. The Balaban J connectivity index is 1.99. The second-order valence-electron chi connectivity index (χ2n) is 6.57. The van der Waals surface area contributed by atoms with Gasteiger partial charge in [0.15, 0.2) is 6.10 Å². The number of anilines is 1. The Morgan fingerprint density at radius 3 is 2.35 bits per heavy atom. The first kappa shape index (κ1) is 22.3. The molecule has 0 aliphatic carbocycles. The minimum atomic E-state index is -1.16. The summed E-state index contributed by atoms with van der Waals surface area (Å²) in [5.74, 6) is -1.08. The molecule has 0 spiro atoms. The Bertz CT molecular complexity index is 1110. The third kappa shape index (κ3) is 5.62. The standard InChI is InChI=1S/C23H20BrNO6/c1-30-20(12-13-21(27)28)22(31-23(29)25-15-8-6-14(24)7-9-15)18-10-11-19(26)17-5-3-2-4-16(17)18/h2-13,20,22,26H,1H3,(H,25,29)(H,27,28)/b13-12+/t20-,22-/m1/s1. The van der Waals surface area contributed by atoms with Crippen LogP contribution in [-0.2, 0) is 14.3 Å². The van der Waals surface area contributed by atoms with E-state index in [1.807, 2.05) is 0 Å². The van der Waals surface area contributed by atoms with Crippen molar-refractivity contribution in [2.24, 2.45) is 0 Å². The summed E-state index contributed by atoms with van der Waals surface area (Å²) >= 11 is 3.33. The smallest absolute Gasteiger partial charge is 0.412 e. The molecular formula is C23H20BrNO6. The van der Waals surface area contributed by atoms with E-state index in [9.17, 15) is 14.7 Å². The van der Waals surface area contributed by atoms with E-state index in [1.165, 1.54) is 19.3 Å². The lowest BCUT2D eigenvalue weighted by Gasteiger charge is -2.25. The number of carbonyl (C=O) groups excluding carboxylic acids is 1. The predicted molar refractivity (Wildman–Crippen MR) is 120 cm³/mol. The number of amides is 1. The summed E-state index contributed by atoms with van der Waals surface area (Å²) < 4.78 is 12.0. The number of carbonyl (C=O) groups is 2. The lowest BCUT2D eigenvalue weighted by Crippen LogP contribution is -2.27. The van der Waals surface area contributed by atoms with Crippen LogP contribution >= 0.6 is 15.9 Å². The monoisotopic (exact) mass is 485 g/mol. The fourth-order valence-electron chi connectivity index (χ4n) is 3.14. The SMILES string of the molecule is CO[C@H](/C=C/C(=O)O)[C@H](OC(=O)Nc1ccc(Br)cc1)c1ccc(O)c2ccccc12. The number of hydrogen-bond acceptors (Lipinski definition) is 5. The molecule has 0 aromatic heterocycles. The van der Waals surface area contributed by atoms with E-state index >= 15 is 0 Å². The highest BCUT2D eigenvalue weighted by Gasteiger charge is 2.28. The van der Waals surface area contributed by atoms with Gasteiger partial charge in [0.2, 0.25) is 0 Å². The average Bonchev–Trinajstić information content (AvgIpc) is 2.75. The number of hydrogen-bond donors (Lipinski definition) is 3. The first-order valence-corrected chi connectivity index (χ1v) is 10.1. The van der Waals surface area contributed by atoms with Crippen LogP contribution in [0.1, 0.15) is 11.7 Å². The van der Waals surface area contributed by atoms with Crippen molar-refractivity contribution in [1.82, 2.24) is 0 Å². The fraction of sp³-hybridized carbons (Fsp3) is 0.130. The number of carboxylic acids is 1. The summed E-state index contributed by atoms with van der Waals surface area (Å²) in [6.07, 6.45) is -0.377. The number of aliphatic carboxylic acids is 1. The molecule has 0 bridgehead atoms. The highest BCUT2D eigenvalue weighted by Crippen LogP contribution is 2.35. The molecule has 1 amide bonds. The van der Waals surface area contributed by atoms with Gasteiger partial charge in [0.1, 0.15) is 11.9 Å². The quantitative estimate of drug-likeness (QED) is 0.394. The van der Waals surface area contributed by atoms with Crippen molar-refractivity contribution < 1.29 is 29.3 Å². The van der Waals surface area contributed by atoms with Crippen LogP contribution in [0.2, 0.25) is 0 Å². The number of phenols is 1. The highest BCUT2D eigenvalue weighted by atomic mass is 79.9. The summed E-state index contributed by atoms with van der Waals surface area (Å²) in [5.41, 5.74) is 1.08. The van der Waals surface area contributed by atoms with E-state index in [2.05, 4.69) is 21.2 Å². The summed E-state index contributed by atoms with van der Waals surface area (Å²) in [5, 5.41) is 23.1. The molecule has 7 nitrogen and oxygen atoms in total. The first-order chi connectivity index (χ1) is 14.9. The summed E-state index contributed by atoms with van der Waals surface area (Å²) in [7, 11) is 1.39. The summed E-state index contributed by atoms with van der Waals surface area (Å²) in [6, 6.07) is 17.2. The van der Waals surface area contributed by atoms with Gasteiger partial charge in [-0.1, -0.05) is 46.3 Å². The second kappa shape index (κ2) is 10.1. The van der Waals surface area contributed by atoms with Gasteiger partial charge in [-0.3, -0.25) is 5.32 Å². The maximum Gasteiger partial charge on any atom is 0.412 e. The molecule has 0 unspecified atom stereocenters. The third-order valence-electron chi connectivity index (χ3n) is 4.56. The molecule has 3 N–H and O–H groups in total. The molecule has 3 rings (SSSR count). The molecule has 0 aliphatic heterocycles. The average molecular weight is 486 g/mol. The van der Waals surface area contributed by atoms with Gasteiger partial charge in [0.25, 0.3) is 0 Å². The fourth-order valence-corrected chi connectivity index (χ4v) is 3.40. The number of phenolic OH excluding ortho intramolecular Hbond substituents is 1. The van der Waals surface area contributed by atoms with Gasteiger partial charge in [-0.25, -0.2) is 9.59 Å². The molecule has 0 fully saturated rings. The van der Waals surface area contributed by atoms with Gasteiger partial charge in [0, 0.05) is 34.3 Å². The van der Waals surface area contributed by atoms with Crippen LogP contribution in [0.5, 0.6) is 5.75 Å². The number of fused-ring (bicyclic) bond motifs is 1. The van der Waals surface area contributed by atoms with Crippen LogP contribution in [0.15, 0.2) is 77.3 Å². The summed E-state index contributed by atoms with van der Waals surface area (Å²) in [6.45, 7) is 0. The normalized spacial score (nSPS) is 13.1. The van der Waals surface area contributed by atoms with Crippen LogP contribution in [0, 0.1) is 0 Å². The Morgan fingerprint density at radius 2 is 1.71 bits per heavy atom. The maximum atomic E-state index is 12.7. The molecule has 2 atom stereocenters. The number of nitrogens with one attached hydrogen (secondary N) is 1. The number of benzene rings is 3. The van der Waals surface area contributed by atoms with E-state index in [0.29, 0.717) is 22.0 Å². The van der Waals surface area contributed by atoms with Crippen LogP contribution in [0.4, 0.5) is 10.5 Å². The van der Waals surface area contributed by atoms with Gasteiger partial charge in [-0.05, 0) is 41.8 Å². The largest absolute Gasteiger partial charge is 0.507 e. The van der Waals surface area contributed by atoms with E-state index < -0.39 is 24.3 Å². The highest BCUT2D eigenvalue weighted by molar-refractivity contribution is 9.10. The number of ether oxygens (including phenoxy) is 2. The topological polar surface area (TPSA) is 105 Å². The minimum Gasteiger partial charge on any atom is -0.507 e. The summed E-state index contributed by atoms with van der Waals surface area (Å²) in [4.78, 5) is 23.7. The van der Waals surface area contributed by atoms with Crippen molar-refractivity contribution in [2.75, 3.05) is 12.4 Å². The van der Waals surface area contributed by atoms with Crippen molar-refractivity contribution in [1.29, 1.82) is 0 Å². The second-order valence-corrected chi connectivity index (χ2v) is 7.49. The Hall–Kier alpha value is -3.36. The Labute approximate surface area is 187 Å². The van der Waals surface area contributed by atoms with Crippen molar-refractivity contribution >= 4 is 44.5 Å². The molecule has 8 heteroatoms. The lowest BCUT2D eigenvalue weighted by molar-refractivity contribution is -0.131. The number of aromatic hydroxyl groups is 1. The van der Waals surface area contributed by atoms with Crippen LogP contribution < -0.4 is 5.32 Å². The van der Waals surface area contributed by atoms with Gasteiger partial charge < -0.3 is 19.7 Å². The number of halogens is 1. The molecule has 0 heterocycles. The molecule has 0 saturated carbocycles. The molecular weight excluding hydrogens is 466 g/mol. The minimum absolute atomic E-state index is 0.0764. The van der Waals surface area contributed by atoms with Gasteiger partial charge in [-0.15, -0.1) is 0 Å². The van der Waals surface area contributed by atoms with Crippen molar-refractivity contribution in [3.05, 3.63) is 82.9 Å². The van der Waals surface area contributed by atoms with E-state index in [-0.39, 0.29) is 5.75 Å². The van der Waals surface area contributed by atoms with Crippen molar-refractivity contribution in [3.8, 4) is 5.75 Å². The van der Waals surface area contributed by atoms with E-state index in [4.69, 9.17) is 14.6 Å². The van der Waals surface area contributed by atoms with Gasteiger partial charge >= 0.3 is 12.1 Å². The van der Waals surface area contributed by atoms with E-state index in [1.54, 1.807) is 54.6 Å². The van der Waals surface area contributed by atoms with E-state index in [0.717, 1.165) is 10.5 Å². The Morgan fingerprint density at radius 1 is 1.03 bits per heavy atom. The van der Waals surface area contributed by atoms with Crippen LogP contribution in [0.3, 0.4) is 0 Å². The predicted octanol–water partition coefficient (Wildman–Crippen LogP) is 5.25. The number of methoxy groups -OCH3 is 1. The molecule has 0 aliphatic rings. The van der Waals surface area contributed by atoms with Crippen LogP contribution in [0.25, 0.3) is 10.8 Å². The zero-order valence-electron chi connectivity index (χ0n) is 16.5. The Kier molecular flexibility index (Phi) is 7.28. The zero-order chi connectivity index (χ0) is 22.4. The molecule has 3 aromatic carbocycles. The molecule has 31 heavy (non-hydrogen) atoms. The van der Waals surface area contributed by atoms with Gasteiger partial charge in [-0.2, -0.15) is 0 Å². The third-order valence-corrected chi connectivity index (χ3v) is 5.09. The van der Waals surface area contributed by atoms with Gasteiger partial charge in [0.05, 0.1) is 0 Å². The van der Waals surface area contributed by atoms with Crippen molar-refractivity contribution in [3.63, 3.8) is 0 Å². The van der Waals surface area contributed by atoms with Crippen molar-refractivity contribution in [2.45, 2.75) is 12.2 Å². The first-order valence-electron chi connectivity index (χ1n) is 9.26. The number of rotatable bonds is 7. The molecule has 3 aromatic rings. The zero-order valence-corrected chi connectivity index (χ0v) is 18.1. The lowest BCUT2D eigenvalue weighted by atomic mass is 9.96. The maximum absolute atomic E-state index is 12.7. The molecule has 0 saturated heterocycles. The number of carboxylic acid groups (broad SMARTS) is 1. The van der Waals surface area contributed by atoms with Crippen LogP contribution in [-0.4, -0.2) is 35.5 Å². The molecule has 160 valence electrons.